The van der Waals surface area contributed by atoms with Gasteiger partial charge in [0, 0.05) is 11.1 Å². The van der Waals surface area contributed by atoms with Crippen molar-refractivity contribution >= 4 is 11.6 Å². The lowest BCUT2D eigenvalue weighted by molar-refractivity contribution is 0.0658. The molecule has 2 saturated carbocycles. The topological polar surface area (TPSA) is 151 Å². The number of fused-ring (bicyclic) bond motifs is 1. The van der Waals surface area contributed by atoms with Crippen molar-refractivity contribution in [2.75, 3.05) is 6.61 Å². The van der Waals surface area contributed by atoms with E-state index in [0.29, 0.717) is 42.5 Å². The van der Waals surface area contributed by atoms with E-state index in [9.17, 15) is 9.70 Å². The number of rotatable bonds is 8. The highest BCUT2D eigenvalue weighted by atomic mass is 16.5. The third-order valence-corrected chi connectivity index (χ3v) is 6.54. The minimum atomic E-state index is -0.530. The standard InChI is InChI=1S/C21H28N8O3/c22-27-24-12-16-19(21(30)29(23)17-9-4-8-15(17)26-31)28-11-5-10-18(20(28)25-16)32-13-14-6-2-1-3-7-14/h5,10-11,14-15,17H,1-4,6-9,12-13,23H2. The van der Waals surface area contributed by atoms with Crippen LogP contribution in [0.25, 0.3) is 16.1 Å². The molecule has 32 heavy (non-hydrogen) atoms. The molecular formula is C21H28N8O3. The first-order chi connectivity index (χ1) is 15.6. The number of hydrogen-bond donors (Lipinski definition) is 1. The van der Waals surface area contributed by atoms with Gasteiger partial charge >= 0.3 is 0 Å². The fourth-order valence-electron chi connectivity index (χ4n) is 4.84. The zero-order valence-corrected chi connectivity index (χ0v) is 18.0. The van der Waals surface area contributed by atoms with Crippen molar-refractivity contribution in [3.05, 3.63) is 45.1 Å². The lowest BCUT2D eigenvalue weighted by Crippen LogP contribution is -2.49. The number of pyridine rings is 1. The van der Waals surface area contributed by atoms with Gasteiger partial charge in [-0.05, 0) is 55.7 Å². The van der Waals surface area contributed by atoms with E-state index in [-0.39, 0.29) is 12.2 Å². The Balaban J connectivity index is 1.66. The summed E-state index contributed by atoms with van der Waals surface area (Å²) in [7, 11) is 0. The molecule has 2 heterocycles. The van der Waals surface area contributed by atoms with Crippen LogP contribution in [0.4, 0.5) is 0 Å². The van der Waals surface area contributed by atoms with Gasteiger partial charge in [-0.2, -0.15) is 4.91 Å². The number of ether oxygens (including phenoxy) is 1. The number of hydrogen-bond acceptors (Lipinski definition) is 7. The van der Waals surface area contributed by atoms with Gasteiger partial charge in [-0.15, -0.1) is 0 Å². The summed E-state index contributed by atoms with van der Waals surface area (Å²) in [6.45, 7) is 0.494. The van der Waals surface area contributed by atoms with Gasteiger partial charge in [0.05, 0.1) is 24.9 Å². The van der Waals surface area contributed by atoms with Gasteiger partial charge in [-0.25, -0.2) is 10.8 Å². The van der Waals surface area contributed by atoms with E-state index in [1.165, 1.54) is 19.3 Å². The third kappa shape index (κ3) is 4.39. The predicted molar refractivity (Wildman–Crippen MR) is 118 cm³/mol. The lowest BCUT2D eigenvalue weighted by atomic mass is 9.90. The van der Waals surface area contributed by atoms with Crippen LogP contribution >= 0.6 is 0 Å². The maximum absolute atomic E-state index is 13.4. The van der Waals surface area contributed by atoms with Gasteiger partial charge in [-0.1, -0.05) is 29.6 Å². The molecule has 2 aromatic heterocycles. The predicted octanol–water partition coefficient (Wildman–Crippen LogP) is 4.11. The van der Waals surface area contributed by atoms with Crippen molar-refractivity contribution < 1.29 is 9.53 Å². The SMILES string of the molecule is [N-]=[N+]=NCc1nc2c(OCC3CCCCC3)cccn2c1C(=O)N(N)C1CCCC1N=O. The van der Waals surface area contributed by atoms with Gasteiger partial charge in [0.2, 0.25) is 0 Å². The van der Waals surface area contributed by atoms with Gasteiger partial charge in [0.25, 0.3) is 5.91 Å². The maximum atomic E-state index is 13.4. The fourth-order valence-corrected chi connectivity index (χ4v) is 4.84. The summed E-state index contributed by atoms with van der Waals surface area (Å²) in [5.74, 6) is 6.75. The summed E-state index contributed by atoms with van der Waals surface area (Å²) in [5, 5.41) is 7.82. The van der Waals surface area contributed by atoms with E-state index in [0.717, 1.165) is 24.3 Å². The molecule has 2 atom stereocenters. The molecule has 170 valence electrons. The summed E-state index contributed by atoms with van der Waals surface area (Å²) in [5.41, 5.74) is 9.78. The number of azide groups is 1. The Kier molecular flexibility index (Phi) is 6.87. The van der Waals surface area contributed by atoms with Crippen LogP contribution in [0.3, 0.4) is 0 Å². The van der Waals surface area contributed by atoms with Crippen LogP contribution in [0.2, 0.25) is 0 Å². The van der Waals surface area contributed by atoms with Crippen LogP contribution in [-0.2, 0) is 6.54 Å². The van der Waals surface area contributed by atoms with Crippen LogP contribution in [0.5, 0.6) is 5.75 Å². The van der Waals surface area contributed by atoms with Crippen LogP contribution in [0.1, 0.15) is 67.5 Å². The molecule has 2 aliphatic rings. The minimum absolute atomic E-state index is 0.102. The largest absolute Gasteiger partial charge is 0.489 e. The molecule has 2 fully saturated rings. The first kappa shape index (κ1) is 22.0. The van der Waals surface area contributed by atoms with E-state index in [1.807, 2.05) is 6.07 Å². The molecule has 1 amide bonds. The Bertz CT molecular complexity index is 1030. The van der Waals surface area contributed by atoms with Gasteiger partial charge in [-0.3, -0.25) is 14.2 Å². The van der Waals surface area contributed by atoms with Crippen LogP contribution in [-0.4, -0.2) is 39.0 Å². The van der Waals surface area contributed by atoms with E-state index < -0.39 is 18.0 Å². The first-order valence-electron chi connectivity index (χ1n) is 11.2. The number of carbonyl (C=O) groups is 1. The average molecular weight is 441 g/mol. The first-order valence-corrected chi connectivity index (χ1v) is 11.2. The maximum Gasteiger partial charge on any atom is 0.287 e. The third-order valence-electron chi connectivity index (χ3n) is 6.54. The molecule has 0 aromatic carbocycles. The Morgan fingerprint density at radius 2 is 2.09 bits per heavy atom. The molecule has 2 aromatic rings. The van der Waals surface area contributed by atoms with Gasteiger partial charge in [0.1, 0.15) is 11.7 Å². The fraction of sp³-hybridized carbons (Fsp3) is 0.619. The second-order valence-electron chi connectivity index (χ2n) is 8.56. The quantitative estimate of drug-likeness (QED) is 0.125. The van der Waals surface area contributed by atoms with E-state index in [2.05, 4.69) is 20.2 Å². The van der Waals surface area contributed by atoms with E-state index >= 15 is 0 Å². The smallest absolute Gasteiger partial charge is 0.287 e. The van der Waals surface area contributed by atoms with Crippen molar-refractivity contribution in [2.45, 2.75) is 70.0 Å². The molecule has 0 bridgehead atoms. The number of nitrogens with zero attached hydrogens (tertiary/aromatic N) is 7. The van der Waals surface area contributed by atoms with Crippen LogP contribution in [0.15, 0.2) is 28.6 Å². The number of nitrogens with two attached hydrogens (primary N) is 1. The summed E-state index contributed by atoms with van der Waals surface area (Å²) < 4.78 is 7.73. The Hall–Kier alpha value is -3.17. The molecule has 0 saturated heterocycles. The van der Waals surface area contributed by atoms with Crippen LogP contribution < -0.4 is 10.6 Å². The second-order valence-corrected chi connectivity index (χ2v) is 8.56. The summed E-state index contributed by atoms with van der Waals surface area (Å²) in [6.07, 6.45) is 9.72. The van der Waals surface area contributed by atoms with Gasteiger partial charge in [0.15, 0.2) is 11.4 Å². The van der Waals surface area contributed by atoms with Crippen molar-refractivity contribution in [1.29, 1.82) is 0 Å². The molecular weight excluding hydrogens is 412 g/mol. The molecule has 11 heteroatoms. The summed E-state index contributed by atoms with van der Waals surface area (Å²) >= 11 is 0. The highest BCUT2D eigenvalue weighted by Gasteiger charge is 2.36. The Labute approximate surface area is 185 Å². The molecule has 4 rings (SSSR count). The average Bonchev–Trinajstić information content (AvgIpc) is 3.45. The highest BCUT2D eigenvalue weighted by molar-refractivity contribution is 5.95. The van der Waals surface area contributed by atoms with Crippen molar-refractivity contribution in [1.82, 2.24) is 14.4 Å². The molecule has 2 unspecified atom stereocenters. The minimum Gasteiger partial charge on any atom is -0.489 e. The number of aromatic nitrogens is 2. The zero-order valence-electron chi connectivity index (χ0n) is 18.0. The molecule has 2 aliphatic carbocycles. The second kappa shape index (κ2) is 9.97. The van der Waals surface area contributed by atoms with Crippen molar-refractivity contribution in [3.63, 3.8) is 0 Å². The normalized spacial score (nSPS) is 21.3. The van der Waals surface area contributed by atoms with Crippen molar-refractivity contribution in [3.8, 4) is 5.75 Å². The molecule has 0 spiro atoms. The monoisotopic (exact) mass is 440 g/mol. The zero-order chi connectivity index (χ0) is 22.5. The molecule has 2 N–H and O–H groups in total. The molecule has 11 nitrogen and oxygen atoms in total. The van der Waals surface area contributed by atoms with E-state index in [1.54, 1.807) is 16.7 Å². The lowest BCUT2D eigenvalue weighted by Gasteiger charge is -2.25. The van der Waals surface area contributed by atoms with E-state index in [4.69, 9.17) is 16.1 Å². The summed E-state index contributed by atoms with van der Waals surface area (Å²) in [4.78, 5) is 31.9. The Morgan fingerprint density at radius 3 is 2.84 bits per heavy atom. The van der Waals surface area contributed by atoms with Gasteiger partial charge < -0.3 is 4.74 Å². The number of carbonyl (C=O) groups excluding carboxylic acids is 1. The molecule has 0 radical (unpaired) electrons. The van der Waals surface area contributed by atoms with Crippen LogP contribution in [0, 0.1) is 10.8 Å². The number of nitroso groups, excluding NO2 is 1. The summed E-state index contributed by atoms with van der Waals surface area (Å²) in [6, 6.07) is 2.60. The Morgan fingerprint density at radius 1 is 1.28 bits per heavy atom. The van der Waals surface area contributed by atoms with Crippen molar-refractivity contribution in [2.24, 2.45) is 22.1 Å². The number of amides is 1. The number of hydrazine groups is 1. The number of imidazole rings is 1. The molecule has 0 aliphatic heterocycles. The highest BCUT2D eigenvalue weighted by Crippen LogP contribution is 2.30.